The van der Waals surface area contributed by atoms with Gasteiger partial charge in [-0.3, -0.25) is 4.79 Å². The first-order chi connectivity index (χ1) is 12.5. The zero-order valence-electron chi connectivity index (χ0n) is 14.6. The van der Waals surface area contributed by atoms with Crippen molar-refractivity contribution in [2.24, 2.45) is 0 Å². The van der Waals surface area contributed by atoms with E-state index in [0.29, 0.717) is 22.7 Å². The van der Waals surface area contributed by atoms with Crippen molar-refractivity contribution in [3.8, 4) is 17.2 Å². The van der Waals surface area contributed by atoms with Crippen molar-refractivity contribution in [1.29, 1.82) is 0 Å². The first kappa shape index (κ1) is 17.4. The molecule has 0 bridgehead atoms. The molecule has 0 aliphatic heterocycles. The van der Waals surface area contributed by atoms with Gasteiger partial charge >= 0.3 is 0 Å². The summed E-state index contributed by atoms with van der Waals surface area (Å²) in [6.45, 7) is 0. The summed E-state index contributed by atoms with van der Waals surface area (Å²) >= 11 is 0. The lowest BCUT2D eigenvalue weighted by molar-refractivity contribution is 0.102. The minimum atomic E-state index is -0.183. The van der Waals surface area contributed by atoms with Crippen molar-refractivity contribution in [2.45, 2.75) is 0 Å². The van der Waals surface area contributed by atoms with Crippen LogP contribution < -0.4 is 15.0 Å². The van der Waals surface area contributed by atoms with Crippen LogP contribution in [0.5, 0.6) is 17.2 Å². The standard InChI is InChI=1S/C21H20N2O3/c1-23(2)17-8-6-15(7-9-17)21(25)22-16-4-3-5-20(14-16)26-19-12-10-18(24)11-13-19/h3-14,24H,1-2H3,(H,22,25). The summed E-state index contributed by atoms with van der Waals surface area (Å²) in [7, 11) is 3.91. The Labute approximate surface area is 152 Å². The predicted octanol–water partition coefficient (Wildman–Crippen LogP) is 4.50. The van der Waals surface area contributed by atoms with Crippen LogP contribution in [0.15, 0.2) is 72.8 Å². The number of phenolic OH excluding ortho intramolecular Hbond substituents is 1. The van der Waals surface area contributed by atoms with Gasteiger partial charge in [0.2, 0.25) is 0 Å². The lowest BCUT2D eigenvalue weighted by atomic mass is 10.2. The number of ether oxygens (including phenoxy) is 1. The fourth-order valence-electron chi connectivity index (χ4n) is 2.40. The van der Waals surface area contributed by atoms with Crippen LogP contribution in [-0.2, 0) is 0 Å². The van der Waals surface area contributed by atoms with E-state index in [0.717, 1.165) is 5.69 Å². The van der Waals surface area contributed by atoms with Crippen LogP contribution in [-0.4, -0.2) is 25.1 Å². The van der Waals surface area contributed by atoms with E-state index in [2.05, 4.69) is 5.32 Å². The van der Waals surface area contributed by atoms with Crippen LogP contribution in [0, 0.1) is 0 Å². The molecule has 3 aromatic carbocycles. The number of phenols is 1. The smallest absolute Gasteiger partial charge is 0.255 e. The number of benzene rings is 3. The maximum Gasteiger partial charge on any atom is 0.255 e. The molecule has 3 aromatic rings. The molecule has 0 aliphatic rings. The number of nitrogens with one attached hydrogen (secondary N) is 1. The lowest BCUT2D eigenvalue weighted by Crippen LogP contribution is -2.13. The van der Waals surface area contributed by atoms with Crippen molar-refractivity contribution in [3.05, 3.63) is 78.4 Å². The van der Waals surface area contributed by atoms with Gasteiger partial charge in [-0.1, -0.05) is 6.07 Å². The van der Waals surface area contributed by atoms with E-state index in [-0.39, 0.29) is 11.7 Å². The lowest BCUT2D eigenvalue weighted by Gasteiger charge is -2.13. The molecule has 5 nitrogen and oxygen atoms in total. The number of carbonyl (C=O) groups excluding carboxylic acids is 1. The molecule has 26 heavy (non-hydrogen) atoms. The van der Waals surface area contributed by atoms with Gasteiger partial charge in [0.05, 0.1) is 0 Å². The molecular weight excluding hydrogens is 328 g/mol. The second-order valence-electron chi connectivity index (χ2n) is 6.02. The Morgan fingerprint density at radius 3 is 2.27 bits per heavy atom. The molecule has 0 saturated carbocycles. The monoisotopic (exact) mass is 348 g/mol. The molecule has 0 aliphatic carbocycles. The normalized spacial score (nSPS) is 10.2. The molecule has 5 heteroatoms. The zero-order chi connectivity index (χ0) is 18.5. The first-order valence-corrected chi connectivity index (χ1v) is 8.17. The average Bonchev–Trinajstić information content (AvgIpc) is 2.64. The number of nitrogens with zero attached hydrogens (tertiary/aromatic N) is 1. The van der Waals surface area contributed by atoms with E-state index in [1.54, 1.807) is 60.7 Å². The second-order valence-corrected chi connectivity index (χ2v) is 6.02. The number of hydrogen-bond donors (Lipinski definition) is 2. The molecule has 0 saturated heterocycles. The summed E-state index contributed by atoms with van der Waals surface area (Å²) in [6.07, 6.45) is 0. The molecule has 132 valence electrons. The molecule has 0 spiro atoms. The minimum Gasteiger partial charge on any atom is -0.508 e. The molecule has 0 heterocycles. The SMILES string of the molecule is CN(C)c1ccc(C(=O)Nc2cccc(Oc3ccc(O)cc3)c2)cc1. The van der Waals surface area contributed by atoms with E-state index < -0.39 is 0 Å². The third-order valence-corrected chi connectivity index (χ3v) is 3.81. The summed E-state index contributed by atoms with van der Waals surface area (Å²) in [5.74, 6) is 1.19. The molecule has 0 atom stereocenters. The average molecular weight is 348 g/mol. The Morgan fingerprint density at radius 1 is 0.923 bits per heavy atom. The van der Waals surface area contributed by atoms with Crippen molar-refractivity contribution in [2.75, 3.05) is 24.3 Å². The van der Waals surface area contributed by atoms with Crippen LogP contribution in [0.4, 0.5) is 11.4 Å². The number of carbonyl (C=O) groups is 1. The number of rotatable bonds is 5. The quantitative estimate of drug-likeness (QED) is 0.712. The van der Waals surface area contributed by atoms with Crippen molar-refractivity contribution in [1.82, 2.24) is 0 Å². The van der Waals surface area contributed by atoms with Crippen LogP contribution >= 0.6 is 0 Å². The minimum absolute atomic E-state index is 0.179. The van der Waals surface area contributed by atoms with Gasteiger partial charge in [0.25, 0.3) is 5.91 Å². The maximum atomic E-state index is 12.4. The highest BCUT2D eigenvalue weighted by Gasteiger charge is 2.07. The summed E-state index contributed by atoms with van der Waals surface area (Å²) in [6, 6.07) is 21.0. The van der Waals surface area contributed by atoms with Crippen LogP contribution in [0.2, 0.25) is 0 Å². The number of hydrogen-bond acceptors (Lipinski definition) is 4. The van der Waals surface area contributed by atoms with Crippen molar-refractivity contribution in [3.63, 3.8) is 0 Å². The predicted molar refractivity (Wildman–Crippen MR) is 103 cm³/mol. The van der Waals surface area contributed by atoms with Crippen molar-refractivity contribution < 1.29 is 14.6 Å². The summed E-state index contributed by atoms with van der Waals surface area (Å²) in [5, 5.41) is 12.2. The molecule has 3 rings (SSSR count). The summed E-state index contributed by atoms with van der Waals surface area (Å²) < 4.78 is 5.74. The Kier molecular flexibility index (Phi) is 5.08. The van der Waals surface area contributed by atoms with E-state index in [4.69, 9.17) is 4.74 Å². The highest BCUT2D eigenvalue weighted by molar-refractivity contribution is 6.04. The Morgan fingerprint density at radius 2 is 1.62 bits per heavy atom. The maximum absolute atomic E-state index is 12.4. The summed E-state index contributed by atoms with van der Waals surface area (Å²) in [5.41, 5.74) is 2.26. The molecule has 0 fully saturated rings. The summed E-state index contributed by atoms with van der Waals surface area (Å²) in [4.78, 5) is 14.4. The third-order valence-electron chi connectivity index (χ3n) is 3.81. The molecule has 1 amide bonds. The molecular formula is C21H20N2O3. The fourth-order valence-corrected chi connectivity index (χ4v) is 2.40. The molecule has 0 radical (unpaired) electrons. The van der Waals surface area contributed by atoms with Crippen LogP contribution in [0.25, 0.3) is 0 Å². The Hall–Kier alpha value is -3.47. The number of aromatic hydroxyl groups is 1. The zero-order valence-corrected chi connectivity index (χ0v) is 14.6. The van der Waals surface area contributed by atoms with Crippen molar-refractivity contribution >= 4 is 17.3 Å². The van der Waals surface area contributed by atoms with E-state index in [1.807, 2.05) is 31.1 Å². The Bertz CT molecular complexity index is 888. The van der Waals surface area contributed by atoms with Gasteiger partial charge in [0.15, 0.2) is 0 Å². The van der Waals surface area contributed by atoms with Crippen LogP contribution in [0.1, 0.15) is 10.4 Å². The topological polar surface area (TPSA) is 61.8 Å². The van der Waals surface area contributed by atoms with Gasteiger partial charge in [-0.2, -0.15) is 0 Å². The van der Waals surface area contributed by atoms with E-state index >= 15 is 0 Å². The molecule has 0 aromatic heterocycles. The van der Waals surface area contributed by atoms with E-state index in [9.17, 15) is 9.90 Å². The van der Waals surface area contributed by atoms with Gasteiger partial charge < -0.3 is 20.1 Å². The van der Waals surface area contributed by atoms with Crippen LogP contribution in [0.3, 0.4) is 0 Å². The third kappa shape index (κ3) is 4.33. The Balaban J connectivity index is 1.69. The molecule has 2 N–H and O–H groups in total. The highest BCUT2D eigenvalue weighted by Crippen LogP contribution is 2.26. The largest absolute Gasteiger partial charge is 0.508 e. The second kappa shape index (κ2) is 7.61. The first-order valence-electron chi connectivity index (χ1n) is 8.17. The van der Waals surface area contributed by atoms with E-state index in [1.165, 1.54) is 0 Å². The number of amides is 1. The molecule has 0 unspecified atom stereocenters. The fraction of sp³-hybridized carbons (Fsp3) is 0.0952. The van der Waals surface area contributed by atoms with Gasteiger partial charge in [-0.15, -0.1) is 0 Å². The van der Waals surface area contributed by atoms with Gasteiger partial charge in [0.1, 0.15) is 17.2 Å². The number of anilines is 2. The van der Waals surface area contributed by atoms with Gasteiger partial charge in [-0.05, 0) is 60.7 Å². The highest BCUT2D eigenvalue weighted by atomic mass is 16.5. The van der Waals surface area contributed by atoms with Gasteiger partial charge in [0, 0.05) is 37.1 Å². The van der Waals surface area contributed by atoms with Gasteiger partial charge in [-0.25, -0.2) is 0 Å².